The minimum Gasteiger partial charge on any atom is -0.337 e. The molecule has 0 N–H and O–H groups in total. The van der Waals surface area contributed by atoms with Crippen LogP contribution in [0.1, 0.15) is 55.2 Å². The van der Waals surface area contributed by atoms with E-state index in [9.17, 15) is 4.79 Å². The zero-order valence-electron chi connectivity index (χ0n) is 13.2. The number of imidazole rings is 1. The molecule has 5 heteroatoms. The highest BCUT2D eigenvalue weighted by Crippen LogP contribution is 2.25. The summed E-state index contributed by atoms with van der Waals surface area (Å²) < 4.78 is 1.87. The molecule has 1 saturated carbocycles. The second kappa shape index (κ2) is 6.29. The second-order valence-electron chi connectivity index (χ2n) is 6.04. The van der Waals surface area contributed by atoms with Gasteiger partial charge in [-0.15, -0.1) is 0 Å². The number of aryl methyl sites for hydroxylation is 1. The number of pyridine rings is 1. The summed E-state index contributed by atoms with van der Waals surface area (Å²) in [6.07, 6.45) is 8.49. The summed E-state index contributed by atoms with van der Waals surface area (Å²) in [5.74, 6) is 0.0681. The van der Waals surface area contributed by atoms with Gasteiger partial charge in [-0.2, -0.15) is 0 Å². The van der Waals surface area contributed by atoms with E-state index in [4.69, 9.17) is 11.6 Å². The van der Waals surface area contributed by atoms with Crippen molar-refractivity contribution in [1.82, 2.24) is 14.3 Å². The lowest BCUT2D eigenvalue weighted by Gasteiger charge is -2.31. The topological polar surface area (TPSA) is 37.6 Å². The summed E-state index contributed by atoms with van der Waals surface area (Å²) in [6, 6.07) is 3.95. The van der Waals surface area contributed by atoms with Crippen molar-refractivity contribution in [1.29, 1.82) is 0 Å². The SMILES string of the molecule is CCc1nc2cc(Cl)ccn2c1C(=O)N(C)C1CCCCC1. The van der Waals surface area contributed by atoms with Gasteiger partial charge in [-0.1, -0.05) is 37.8 Å². The molecular formula is C17H22ClN3O. The highest BCUT2D eigenvalue weighted by atomic mass is 35.5. The van der Waals surface area contributed by atoms with Crippen LogP contribution >= 0.6 is 11.6 Å². The van der Waals surface area contributed by atoms with Crippen LogP contribution in [0.15, 0.2) is 18.3 Å². The Balaban J connectivity index is 1.98. The third kappa shape index (κ3) is 2.72. The predicted molar refractivity (Wildman–Crippen MR) is 88.5 cm³/mol. The number of carbonyl (C=O) groups excluding carboxylic acids is 1. The molecule has 0 bridgehead atoms. The zero-order valence-corrected chi connectivity index (χ0v) is 13.9. The van der Waals surface area contributed by atoms with Gasteiger partial charge in [0, 0.05) is 30.4 Å². The van der Waals surface area contributed by atoms with E-state index < -0.39 is 0 Å². The van der Waals surface area contributed by atoms with E-state index >= 15 is 0 Å². The van der Waals surface area contributed by atoms with Crippen LogP contribution in [0, 0.1) is 0 Å². The molecule has 0 aliphatic heterocycles. The molecule has 1 amide bonds. The summed E-state index contributed by atoms with van der Waals surface area (Å²) in [7, 11) is 1.92. The quantitative estimate of drug-likeness (QED) is 0.859. The molecule has 2 aromatic rings. The summed E-state index contributed by atoms with van der Waals surface area (Å²) in [5.41, 5.74) is 2.27. The maximum atomic E-state index is 13.0. The summed E-state index contributed by atoms with van der Waals surface area (Å²) in [6.45, 7) is 2.03. The van der Waals surface area contributed by atoms with E-state index in [-0.39, 0.29) is 5.91 Å². The number of hydrogen-bond donors (Lipinski definition) is 0. The molecule has 0 aromatic carbocycles. The normalized spacial score (nSPS) is 16.1. The first-order valence-electron chi connectivity index (χ1n) is 8.05. The van der Waals surface area contributed by atoms with Gasteiger partial charge < -0.3 is 4.90 Å². The van der Waals surface area contributed by atoms with Crippen molar-refractivity contribution in [2.75, 3.05) is 7.05 Å². The molecule has 0 unspecified atom stereocenters. The third-order valence-corrected chi connectivity index (χ3v) is 4.88. The highest BCUT2D eigenvalue weighted by molar-refractivity contribution is 6.30. The monoisotopic (exact) mass is 319 g/mol. The minimum atomic E-state index is 0.0681. The fourth-order valence-corrected chi connectivity index (χ4v) is 3.50. The molecule has 22 heavy (non-hydrogen) atoms. The van der Waals surface area contributed by atoms with Gasteiger partial charge in [0.05, 0.1) is 5.69 Å². The van der Waals surface area contributed by atoms with Gasteiger partial charge >= 0.3 is 0 Å². The van der Waals surface area contributed by atoms with Crippen molar-refractivity contribution < 1.29 is 4.79 Å². The first-order chi connectivity index (χ1) is 10.6. The maximum Gasteiger partial charge on any atom is 0.272 e. The molecule has 0 atom stereocenters. The summed E-state index contributed by atoms with van der Waals surface area (Å²) in [5, 5.41) is 0.639. The Hall–Kier alpha value is -1.55. The molecule has 0 saturated heterocycles. The van der Waals surface area contributed by atoms with Crippen molar-refractivity contribution in [3.63, 3.8) is 0 Å². The lowest BCUT2D eigenvalue weighted by Crippen LogP contribution is -2.39. The largest absolute Gasteiger partial charge is 0.337 e. The fourth-order valence-electron chi connectivity index (χ4n) is 3.34. The molecular weight excluding hydrogens is 298 g/mol. The minimum absolute atomic E-state index is 0.0681. The number of nitrogens with zero attached hydrogens (tertiary/aromatic N) is 3. The molecule has 118 valence electrons. The van der Waals surface area contributed by atoms with Gasteiger partial charge in [0.25, 0.3) is 5.91 Å². The fraction of sp³-hybridized carbons (Fsp3) is 0.529. The van der Waals surface area contributed by atoms with Crippen LogP contribution in [0.3, 0.4) is 0 Å². The van der Waals surface area contributed by atoms with Crippen LogP contribution in [-0.2, 0) is 6.42 Å². The average Bonchev–Trinajstić information content (AvgIpc) is 2.91. The van der Waals surface area contributed by atoms with Gasteiger partial charge in [0.2, 0.25) is 0 Å². The molecule has 2 aromatic heterocycles. The number of fused-ring (bicyclic) bond motifs is 1. The third-order valence-electron chi connectivity index (χ3n) is 4.64. The van der Waals surface area contributed by atoms with Crippen LogP contribution in [-0.4, -0.2) is 33.3 Å². The molecule has 1 aliphatic rings. The van der Waals surface area contributed by atoms with Crippen LogP contribution < -0.4 is 0 Å². The second-order valence-corrected chi connectivity index (χ2v) is 6.48. The lowest BCUT2D eigenvalue weighted by atomic mass is 9.94. The Morgan fingerprint density at radius 3 is 2.82 bits per heavy atom. The molecule has 3 rings (SSSR count). The Bertz CT molecular complexity index is 689. The zero-order chi connectivity index (χ0) is 15.7. The van der Waals surface area contributed by atoms with Gasteiger partial charge in [0.15, 0.2) is 0 Å². The van der Waals surface area contributed by atoms with E-state index in [1.807, 2.05) is 29.5 Å². The Morgan fingerprint density at radius 2 is 2.14 bits per heavy atom. The standard InChI is InChI=1S/C17H22ClN3O/c1-3-14-16(21-10-9-12(18)11-15(21)19-14)17(22)20(2)13-7-5-4-6-8-13/h9-11,13H,3-8H2,1-2H3. The average molecular weight is 320 g/mol. The molecule has 4 nitrogen and oxygen atoms in total. The van der Waals surface area contributed by atoms with Crippen molar-refractivity contribution >= 4 is 23.2 Å². The van der Waals surface area contributed by atoms with Crippen molar-refractivity contribution in [3.05, 3.63) is 34.7 Å². The van der Waals surface area contributed by atoms with Crippen molar-refractivity contribution in [2.24, 2.45) is 0 Å². The molecule has 1 fully saturated rings. The number of halogens is 1. The lowest BCUT2D eigenvalue weighted by molar-refractivity contribution is 0.0688. The number of carbonyl (C=O) groups is 1. The molecule has 0 spiro atoms. The van der Waals surface area contributed by atoms with Crippen LogP contribution in [0.25, 0.3) is 5.65 Å². The van der Waals surface area contributed by atoms with Crippen molar-refractivity contribution in [3.8, 4) is 0 Å². The van der Waals surface area contributed by atoms with E-state index in [1.165, 1.54) is 19.3 Å². The van der Waals surface area contributed by atoms with E-state index in [1.54, 1.807) is 12.1 Å². The molecule has 1 aliphatic carbocycles. The predicted octanol–water partition coefficient (Wildman–Crippen LogP) is 3.95. The van der Waals surface area contributed by atoms with E-state index in [0.29, 0.717) is 16.8 Å². The number of aromatic nitrogens is 2. The Labute approximate surface area is 136 Å². The first-order valence-corrected chi connectivity index (χ1v) is 8.43. The smallest absolute Gasteiger partial charge is 0.272 e. The van der Waals surface area contributed by atoms with Gasteiger partial charge in [-0.05, 0) is 25.3 Å². The van der Waals surface area contributed by atoms with Crippen LogP contribution in [0.5, 0.6) is 0 Å². The summed E-state index contributed by atoms with van der Waals surface area (Å²) >= 11 is 6.04. The Morgan fingerprint density at radius 1 is 1.41 bits per heavy atom. The molecule has 2 heterocycles. The number of amides is 1. The van der Waals surface area contributed by atoms with E-state index in [2.05, 4.69) is 4.98 Å². The molecule has 0 radical (unpaired) electrons. The van der Waals surface area contributed by atoms with Gasteiger partial charge in [-0.3, -0.25) is 9.20 Å². The van der Waals surface area contributed by atoms with E-state index in [0.717, 1.165) is 30.6 Å². The van der Waals surface area contributed by atoms with Gasteiger partial charge in [0.1, 0.15) is 11.3 Å². The number of hydrogen-bond acceptors (Lipinski definition) is 2. The number of rotatable bonds is 3. The Kier molecular flexibility index (Phi) is 4.39. The summed E-state index contributed by atoms with van der Waals surface area (Å²) in [4.78, 5) is 19.5. The van der Waals surface area contributed by atoms with Crippen LogP contribution in [0.4, 0.5) is 0 Å². The maximum absolute atomic E-state index is 13.0. The van der Waals surface area contributed by atoms with Crippen molar-refractivity contribution in [2.45, 2.75) is 51.5 Å². The van der Waals surface area contributed by atoms with Crippen LogP contribution in [0.2, 0.25) is 5.02 Å². The highest BCUT2D eigenvalue weighted by Gasteiger charge is 2.27. The van der Waals surface area contributed by atoms with Gasteiger partial charge in [-0.25, -0.2) is 4.98 Å². The first kappa shape index (κ1) is 15.3.